The summed E-state index contributed by atoms with van der Waals surface area (Å²) < 4.78 is 0. The lowest BCUT2D eigenvalue weighted by Gasteiger charge is -2.04. The van der Waals surface area contributed by atoms with Crippen LogP contribution in [0.2, 0.25) is 0 Å². The minimum Gasteiger partial charge on any atom is -0.382 e. The molecule has 0 aliphatic carbocycles. The summed E-state index contributed by atoms with van der Waals surface area (Å²) >= 11 is 0. The number of H-pyrrole nitrogens is 1. The van der Waals surface area contributed by atoms with Gasteiger partial charge in [0.25, 0.3) is 0 Å². The van der Waals surface area contributed by atoms with Gasteiger partial charge in [0, 0.05) is 0 Å². The number of imidazole rings is 1. The van der Waals surface area contributed by atoms with E-state index in [4.69, 9.17) is 5.73 Å². The quantitative estimate of drug-likeness (QED) is 0.845. The molecule has 0 saturated carbocycles. The van der Waals surface area contributed by atoms with Crippen molar-refractivity contribution >= 4 is 18.0 Å². The SMILES string of the molecule is CC(C)c1ccc(/C=C/c2[nH]cnc2N)cc1. The lowest BCUT2D eigenvalue weighted by atomic mass is 10.0. The molecule has 0 aliphatic rings. The molecule has 0 saturated heterocycles. The molecular weight excluding hydrogens is 210 g/mol. The van der Waals surface area contributed by atoms with Crippen LogP contribution in [0.1, 0.15) is 36.6 Å². The van der Waals surface area contributed by atoms with Crippen molar-refractivity contribution in [2.75, 3.05) is 5.73 Å². The van der Waals surface area contributed by atoms with Crippen LogP contribution in [-0.4, -0.2) is 9.97 Å². The van der Waals surface area contributed by atoms with Crippen molar-refractivity contribution in [3.05, 3.63) is 47.4 Å². The molecule has 0 aliphatic heterocycles. The Morgan fingerprint density at radius 1 is 1.18 bits per heavy atom. The van der Waals surface area contributed by atoms with Crippen LogP contribution in [0.15, 0.2) is 30.6 Å². The van der Waals surface area contributed by atoms with Gasteiger partial charge in [-0.25, -0.2) is 4.98 Å². The second-order valence-corrected chi connectivity index (χ2v) is 4.36. The minimum absolute atomic E-state index is 0.528. The topological polar surface area (TPSA) is 54.7 Å². The van der Waals surface area contributed by atoms with Gasteiger partial charge in [0.1, 0.15) is 5.82 Å². The zero-order valence-corrected chi connectivity index (χ0v) is 10.1. The third-order valence-corrected chi connectivity index (χ3v) is 2.75. The number of nitrogens with two attached hydrogens (primary N) is 1. The summed E-state index contributed by atoms with van der Waals surface area (Å²) in [5.41, 5.74) is 9.03. The van der Waals surface area contributed by atoms with Gasteiger partial charge in [-0.3, -0.25) is 0 Å². The molecule has 88 valence electrons. The molecule has 0 amide bonds. The number of rotatable bonds is 3. The molecule has 0 unspecified atom stereocenters. The summed E-state index contributed by atoms with van der Waals surface area (Å²) in [6.07, 6.45) is 5.55. The molecule has 17 heavy (non-hydrogen) atoms. The van der Waals surface area contributed by atoms with E-state index in [2.05, 4.69) is 48.1 Å². The normalized spacial score (nSPS) is 11.5. The van der Waals surface area contributed by atoms with E-state index in [0.717, 1.165) is 11.3 Å². The summed E-state index contributed by atoms with van der Waals surface area (Å²) in [5.74, 6) is 1.09. The molecule has 3 heteroatoms. The average molecular weight is 227 g/mol. The van der Waals surface area contributed by atoms with Crippen molar-refractivity contribution in [1.29, 1.82) is 0 Å². The minimum atomic E-state index is 0.528. The van der Waals surface area contributed by atoms with Crippen molar-refractivity contribution < 1.29 is 0 Å². The largest absolute Gasteiger partial charge is 0.382 e. The fourth-order valence-electron chi connectivity index (χ4n) is 1.62. The Kier molecular flexibility index (Phi) is 3.28. The first-order valence-corrected chi connectivity index (χ1v) is 5.73. The molecule has 3 N–H and O–H groups in total. The first kappa shape index (κ1) is 11.5. The van der Waals surface area contributed by atoms with Crippen LogP contribution in [0, 0.1) is 0 Å². The van der Waals surface area contributed by atoms with Gasteiger partial charge in [0.2, 0.25) is 0 Å². The number of hydrogen-bond donors (Lipinski definition) is 2. The van der Waals surface area contributed by atoms with Gasteiger partial charge >= 0.3 is 0 Å². The van der Waals surface area contributed by atoms with Crippen LogP contribution in [-0.2, 0) is 0 Å². The second kappa shape index (κ2) is 4.87. The number of hydrogen-bond acceptors (Lipinski definition) is 2. The van der Waals surface area contributed by atoms with Crippen LogP contribution in [0.3, 0.4) is 0 Å². The summed E-state index contributed by atoms with van der Waals surface area (Å²) in [6.45, 7) is 4.38. The van der Waals surface area contributed by atoms with Crippen LogP contribution < -0.4 is 5.73 Å². The molecule has 0 bridgehead atoms. The van der Waals surface area contributed by atoms with E-state index in [1.807, 2.05) is 12.2 Å². The Hall–Kier alpha value is -2.03. The van der Waals surface area contributed by atoms with E-state index in [-0.39, 0.29) is 0 Å². The number of aromatic nitrogens is 2. The second-order valence-electron chi connectivity index (χ2n) is 4.36. The smallest absolute Gasteiger partial charge is 0.148 e. The van der Waals surface area contributed by atoms with Crippen molar-refractivity contribution in [1.82, 2.24) is 9.97 Å². The standard InChI is InChI=1S/C14H17N3/c1-10(2)12-6-3-11(4-7-12)5-8-13-14(15)17-9-16-13/h3-10H,15H2,1-2H3,(H,16,17)/b8-5+. The van der Waals surface area contributed by atoms with Crippen LogP contribution >= 0.6 is 0 Å². The highest BCUT2D eigenvalue weighted by atomic mass is 15.0. The molecule has 0 spiro atoms. The molecule has 2 rings (SSSR count). The molecular formula is C14H17N3. The number of nitrogens with zero attached hydrogens (tertiary/aromatic N) is 1. The maximum absolute atomic E-state index is 5.67. The molecule has 0 fully saturated rings. The predicted molar refractivity (Wildman–Crippen MR) is 72.5 cm³/mol. The van der Waals surface area contributed by atoms with Gasteiger partial charge < -0.3 is 10.7 Å². The van der Waals surface area contributed by atoms with Crippen molar-refractivity contribution in [2.45, 2.75) is 19.8 Å². The molecule has 2 aromatic rings. The zero-order valence-electron chi connectivity index (χ0n) is 10.1. The van der Waals surface area contributed by atoms with Crippen LogP contribution in [0.25, 0.3) is 12.2 Å². The van der Waals surface area contributed by atoms with Crippen molar-refractivity contribution in [3.63, 3.8) is 0 Å². The number of anilines is 1. The molecule has 0 radical (unpaired) electrons. The Balaban J connectivity index is 2.14. The van der Waals surface area contributed by atoms with Crippen LogP contribution in [0.4, 0.5) is 5.82 Å². The number of nitrogen functional groups attached to an aromatic ring is 1. The van der Waals surface area contributed by atoms with E-state index in [1.165, 1.54) is 5.56 Å². The first-order valence-electron chi connectivity index (χ1n) is 5.73. The summed E-state index contributed by atoms with van der Waals surface area (Å²) in [4.78, 5) is 6.92. The van der Waals surface area contributed by atoms with Crippen molar-refractivity contribution in [3.8, 4) is 0 Å². The maximum Gasteiger partial charge on any atom is 0.148 e. The van der Waals surface area contributed by atoms with Crippen molar-refractivity contribution in [2.24, 2.45) is 0 Å². The Labute approximate surface area is 101 Å². The third-order valence-electron chi connectivity index (χ3n) is 2.75. The third kappa shape index (κ3) is 2.75. The monoisotopic (exact) mass is 227 g/mol. The molecule has 3 nitrogen and oxygen atoms in total. The van der Waals surface area contributed by atoms with Gasteiger partial charge in [-0.15, -0.1) is 0 Å². The van der Waals surface area contributed by atoms with E-state index in [9.17, 15) is 0 Å². The Bertz CT molecular complexity index is 507. The molecule has 1 aromatic heterocycles. The number of nitrogens with one attached hydrogen (secondary N) is 1. The summed E-state index contributed by atoms with van der Waals surface area (Å²) in [7, 11) is 0. The first-order chi connectivity index (χ1) is 8.16. The van der Waals surface area contributed by atoms with Gasteiger partial charge in [0.15, 0.2) is 0 Å². The fourth-order valence-corrected chi connectivity index (χ4v) is 1.62. The van der Waals surface area contributed by atoms with Crippen LogP contribution in [0.5, 0.6) is 0 Å². The molecule has 1 heterocycles. The lowest BCUT2D eigenvalue weighted by Crippen LogP contribution is -1.87. The average Bonchev–Trinajstić information content (AvgIpc) is 2.73. The Morgan fingerprint density at radius 2 is 1.88 bits per heavy atom. The van der Waals surface area contributed by atoms with E-state index >= 15 is 0 Å². The highest BCUT2D eigenvalue weighted by Gasteiger charge is 1.98. The van der Waals surface area contributed by atoms with Gasteiger partial charge in [0.05, 0.1) is 12.0 Å². The summed E-state index contributed by atoms with van der Waals surface area (Å²) in [6, 6.07) is 8.53. The van der Waals surface area contributed by atoms with E-state index in [1.54, 1.807) is 6.33 Å². The van der Waals surface area contributed by atoms with E-state index in [0.29, 0.717) is 11.7 Å². The highest BCUT2D eigenvalue weighted by Crippen LogP contribution is 2.16. The lowest BCUT2D eigenvalue weighted by molar-refractivity contribution is 0.866. The molecule has 0 atom stereocenters. The van der Waals surface area contributed by atoms with Gasteiger partial charge in [-0.05, 0) is 23.1 Å². The number of benzene rings is 1. The number of aromatic amines is 1. The zero-order chi connectivity index (χ0) is 12.3. The Morgan fingerprint density at radius 3 is 2.41 bits per heavy atom. The van der Waals surface area contributed by atoms with Gasteiger partial charge in [-0.1, -0.05) is 44.2 Å². The van der Waals surface area contributed by atoms with Gasteiger partial charge in [-0.2, -0.15) is 0 Å². The summed E-state index contributed by atoms with van der Waals surface area (Å²) in [5, 5.41) is 0. The maximum atomic E-state index is 5.67. The predicted octanol–water partition coefficient (Wildman–Crippen LogP) is 3.29. The van der Waals surface area contributed by atoms with E-state index < -0.39 is 0 Å². The fraction of sp³-hybridized carbons (Fsp3) is 0.214. The highest BCUT2D eigenvalue weighted by molar-refractivity contribution is 5.72. The molecule has 1 aromatic carbocycles.